The standard InChI is InChI=1S/C24H28N2O3/c1-4-5-6-7-19-10-12-20(13-11-19)24(27)29-23-16-21(17-28-3)25-26(23)22-14-8-18(2)9-15-22/h8-16H,4-7,17H2,1-3H3. The number of benzene rings is 2. The Labute approximate surface area is 172 Å². The molecule has 0 spiro atoms. The predicted octanol–water partition coefficient (Wildman–Crippen LogP) is 5.28. The van der Waals surface area contributed by atoms with Crippen LogP contribution in [0.4, 0.5) is 0 Å². The maximum Gasteiger partial charge on any atom is 0.344 e. The number of unbranched alkanes of at least 4 members (excludes halogenated alkanes) is 2. The zero-order chi connectivity index (χ0) is 20.6. The molecule has 0 N–H and O–H groups in total. The zero-order valence-corrected chi connectivity index (χ0v) is 17.4. The molecule has 0 amide bonds. The molecule has 1 heterocycles. The molecular weight excluding hydrogens is 364 g/mol. The first kappa shape index (κ1) is 20.8. The van der Waals surface area contributed by atoms with E-state index in [-0.39, 0.29) is 0 Å². The summed E-state index contributed by atoms with van der Waals surface area (Å²) in [6.07, 6.45) is 4.61. The predicted molar refractivity (Wildman–Crippen MR) is 114 cm³/mol. The van der Waals surface area contributed by atoms with Crippen molar-refractivity contribution in [2.75, 3.05) is 7.11 Å². The number of nitrogens with zero attached hydrogens (tertiary/aromatic N) is 2. The lowest BCUT2D eigenvalue weighted by Crippen LogP contribution is -2.11. The number of methoxy groups -OCH3 is 1. The summed E-state index contributed by atoms with van der Waals surface area (Å²) in [5.41, 5.74) is 4.43. The van der Waals surface area contributed by atoms with Gasteiger partial charge in [-0.2, -0.15) is 5.10 Å². The van der Waals surface area contributed by atoms with E-state index in [1.54, 1.807) is 17.9 Å². The second kappa shape index (κ2) is 10.0. The Kier molecular flexibility index (Phi) is 7.19. The topological polar surface area (TPSA) is 53.4 Å². The van der Waals surface area contributed by atoms with Gasteiger partial charge in [-0.1, -0.05) is 49.6 Å². The summed E-state index contributed by atoms with van der Waals surface area (Å²) < 4.78 is 12.5. The van der Waals surface area contributed by atoms with Gasteiger partial charge < -0.3 is 9.47 Å². The highest BCUT2D eigenvalue weighted by Gasteiger charge is 2.16. The molecule has 0 saturated heterocycles. The summed E-state index contributed by atoms with van der Waals surface area (Å²) in [7, 11) is 1.61. The lowest BCUT2D eigenvalue weighted by Gasteiger charge is -2.09. The minimum Gasteiger partial charge on any atom is -0.404 e. The molecule has 0 fully saturated rings. The number of carbonyl (C=O) groups is 1. The van der Waals surface area contributed by atoms with E-state index in [4.69, 9.17) is 9.47 Å². The lowest BCUT2D eigenvalue weighted by molar-refractivity contribution is 0.0723. The summed E-state index contributed by atoms with van der Waals surface area (Å²) in [4.78, 5) is 12.7. The summed E-state index contributed by atoms with van der Waals surface area (Å²) in [5.74, 6) is -0.0275. The molecule has 0 saturated carbocycles. The van der Waals surface area contributed by atoms with E-state index in [0.717, 1.165) is 24.1 Å². The number of hydrogen-bond acceptors (Lipinski definition) is 4. The first-order valence-electron chi connectivity index (χ1n) is 10.1. The zero-order valence-electron chi connectivity index (χ0n) is 17.4. The molecule has 5 heteroatoms. The molecule has 2 aromatic carbocycles. The molecule has 0 unspecified atom stereocenters. The minimum absolute atomic E-state index is 0.343. The van der Waals surface area contributed by atoms with Crippen molar-refractivity contribution in [2.24, 2.45) is 0 Å². The van der Waals surface area contributed by atoms with Crippen LogP contribution in [0, 0.1) is 6.92 Å². The van der Waals surface area contributed by atoms with Gasteiger partial charge in [-0.15, -0.1) is 0 Å². The maximum atomic E-state index is 12.7. The van der Waals surface area contributed by atoms with Crippen LogP contribution in [0.15, 0.2) is 54.6 Å². The summed E-state index contributed by atoms with van der Waals surface area (Å²) >= 11 is 0. The van der Waals surface area contributed by atoms with Crippen molar-refractivity contribution in [3.8, 4) is 11.6 Å². The van der Waals surface area contributed by atoms with Gasteiger partial charge in [-0.3, -0.25) is 0 Å². The molecule has 5 nitrogen and oxygen atoms in total. The first-order chi connectivity index (χ1) is 14.1. The van der Waals surface area contributed by atoms with Crippen LogP contribution in [-0.4, -0.2) is 22.9 Å². The van der Waals surface area contributed by atoms with Crippen LogP contribution in [0.2, 0.25) is 0 Å². The third-order valence-corrected chi connectivity index (χ3v) is 4.75. The van der Waals surface area contributed by atoms with Crippen LogP contribution < -0.4 is 4.74 Å². The summed E-state index contributed by atoms with van der Waals surface area (Å²) in [5, 5.41) is 4.52. The van der Waals surface area contributed by atoms with E-state index < -0.39 is 5.97 Å². The van der Waals surface area contributed by atoms with Gasteiger partial charge in [-0.25, -0.2) is 9.48 Å². The highest BCUT2D eigenvalue weighted by Crippen LogP contribution is 2.22. The average Bonchev–Trinajstić information content (AvgIpc) is 3.12. The Balaban J connectivity index is 1.77. The van der Waals surface area contributed by atoms with Crippen molar-refractivity contribution >= 4 is 5.97 Å². The second-order valence-corrected chi connectivity index (χ2v) is 7.20. The quantitative estimate of drug-likeness (QED) is 0.367. The van der Waals surface area contributed by atoms with Crippen LogP contribution in [-0.2, 0) is 17.8 Å². The molecule has 0 atom stereocenters. The SMILES string of the molecule is CCCCCc1ccc(C(=O)Oc2cc(COC)nn2-c2ccc(C)cc2)cc1. The molecule has 0 bridgehead atoms. The molecular formula is C24H28N2O3. The van der Waals surface area contributed by atoms with Crippen LogP contribution in [0.3, 0.4) is 0 Å². The van der Waals surface area contributed by atoms with E-state index in [9.17, 15) is 4.79 Å². The average molecular weight is 392 g/mol. The monoisotopic (exact) mass is 392 g/mol. The number of ether oxygens (including phenoxy) is 2. The van der Waals surface area contributed by atoms with Crippen molar-refractivity contribution in [3.05, 3.63) is 77.0 Å². The third-order valence-electron chi connectivity index (χ3n) is 4.75. The Hall–Kier alpha value is -2.92. The number of hydrogen-bond donors (Lipinski definition) is 0. The van der Waals surface area contributed by atoms with Crippen molar-refractivity contribution in [1.82, 2.24) is 9.78 Å². The number of carbonyl (C=O) groups excluding carboxylic acids is 1. The molecule has 3 rings (SSSR count). The van der Waals surface area contributed by atoms with E-state index in [2.05, 4.69) is 12.0 Å². The van der Waals surface area contributed by atoms with Crippen molar-refractivity contribution in [2.45, 2.75) is 46.1 Å². The van der Waals surface area contributed by atoms with E-state index in [1.165, 1.54) is 18.4 Å². The lowest BCUT2D eigenvalue weighted by atomic mass is 10.1. The van der Waals surface area contributed by atoms with E-state index in [1.807, 2.05) is 55.5 Å². The molecule has 1 aromatic heterocycles. The van der Waals surface area contributed by atoms with Gasteiger partial charge in [0.1, 0.15) is 0 Å². The largest absolute Gasteiger partial charge is 0.404 e. The van der Waals surface area contributed by atoms with Gasteiger partial charge in [0.25, 0.3) is 0 Å². The Morgan fingerprint density at radius 1 is 1.03 bits per heavy atom. The van der Waals surface area contributed by atoms with Gasteiger partial charge in [0, 0.05) is 13.2 Å². The van der Waals surface area contributed by atoms with Crippen LogP contribution >= 0.6 is 0 Å². The first-order valence-corrected chi connectivity index (χ1v) is 10.1. The Morgan fingerprint density at radius 3 is 2.41 bits per heavy atom. The molecule has 3 aromatic rings. The fourth-order valence-electron chi connectivity index (χ4n) is 3.11. The Morgan fingerprint density at radius 2 is 1.76 bits per heavy atom. The third kappa shape index (κ3) is 5.55. The normalized spacial score (nSPS) is 10.9. The molecule has 0 aliphatic carbocycles. The summed E-state index contributed by atoms with van der Waals surface area (Å²) in [6, 6.07) is 17.3. The highest BCUT2D eigenvalue weighted by atomic mass is 16.5. The smallest absolute Gasteiger partial charge is 0.344 e. The molecule has 0 aliphatic rings. The number of esters is 1. The number of aryl methyl sites for hydroxylation is 2. The van der Waals surface area contributed by atoms with E-state index >= 15 is 0 Å². The number of aromatic nitrogens is 2. The minimum atomic E-state index is -0.401. The second-order valence-electron chi connectivity index (χ2n) is 7.20. The van der Waals surface area contributed by atoms with Crippen LogP contribution in [0.1, 0.15) is 53.4 Å². The van der Waals surface area contributed by atoms with Gasteiger partial charge in [0.05, 0.1) is 23.6 Å². The van der Waals surface area contributed by atoms with Gasteiger partial charge >= 0.3 is 5.97 Å². The van der Waals surface area contributed by atoms with Gasteiger partial charge in [-0.05, 0) is 49.6 Å². The van der Waals surface area contributed by atoms with Crippen molar-refractivity contribution < 1.29 is 14.3 Å². The molecule has 0 radical (unpaired) electrons. The molecule has 29 heavy (non-hydrogen) atoms. The molecule has 0 aliphatic heterocycles. The van der Waals surface area contributed by atoms with Crippen molar-refractivity contribution in [1.29, 1.82) is 0 Å². The van der Waals surface area contributed by atoms with Gasteiger partial charge in [0.15, 0.2) is 0 Å². The van der Waals surface area contributed by atoms with Crippen molar-refractivity contribution in [3.63, 3.8) is 0 Å². The van der Waals surface area contributed by atoms with Crippen LogP contribution in [0.5, 0.6) is 5.88 Å². The number of rotatable bonds is 9. The maximum absolute atomic E-state index is 12.7. The fraction of sp³-hybridized carbons (Fsp3) is 0.333. The van der Waals surface area contributed by atoms with Gasteiger partial charge in [0.2, 0.25) is 5.88 Å². The van der Waals surface area contributed by atoms with Crippen LogP contribution in [0.25, 0.3) is 5.69 Å². The molecule has 152 valence electrons. The fourth-order valence-corrected chi connectivity index (χ4v) is 3.11. The highest BCUT2D eigenvalue weighted by molar-refractivity contribution is 5.91. The summed E-state index contributed by atoms with van der Waals surface area (Å²) in [6.45, 7) is 4.56. The van der Waals surface area contributed by atoms with E-state index in [0.29, 0.717) is 23.7 Å². The Bertz CT molecular complexity index is 928.